The highest BCUT2D eigenvalue weighted by molar-refractivity contribution is 8.13. The van der Waals surface area contributed by atoms with Crippen molar-refractivity contribution < 1.29 is 4.74 Å². The lowest BCUT2D eigenvalue weighted by molar-refractivity contribution is 0.317. The Kier molecular flexibility index (Phi) is 4.20. The molecule has 2 atom stereocenters. The monoisotopic (exact) mass is 353 g/mol. The molecule has 130 valence electrons. The van der Waals surface area contributed by atoms with Gasteiger partial charge in [-0.05, 0) is 60.9 Å². The van der Waals surface area contributed by atoms with Crippen LogP contribution >= 0.6 is 11.8 Å². The minimum absolute atomic E-state index is 0.233. The van der Waals surface area contributed by atoms with Crippen LogP contribution in [0.3, 0.4) is 0 Å². The van der Waals surface area contributed by atoms with Gasteiger partial charge in [-0.3, -0.25) is 9.98 Å². The van der Waals surface area contributed by atoms with Crippen molar-refractivity contribution in [1.29, 1.82) is 0 Å². The van der Waals surface area contributed by atoms with Gasteiger partial charge in [-0.15, -0.1) is 0 Å². The normalized spacial score (nSPS) is 25.4. The Bertz CT molecular complexity index is 835. The lowest BCUT2D eigenvalue weighted by atomic mass is 9.78. The molecule has 4 nitrogen and oxygen atoms in total. The second-order valence-corrected chi connectivity index (χ2v) is 8.02. The summed E-state index contributed by atoms with van der Waals surface area (Å²) in [6.07, 6.45) is 7.13. The van der Waals surface area contributed by atoms with Gasteiger partial charge in [0.1, 0.15) is 5.75 Å². The van der Waals surface area contributed by atoms with E-state index in [9.17, 15) is 0 Å². The van der Waals surface area contributed by atoms with Gasteiger partial charge in [-0.1, -0.05) is 23.9 Å². The summed E-state index contributed by atoms with van der Waals surface area (Å²) >= 11 is 1.69. The highest BCUT2D eigenvalue weighted by Crippen LogP contribution is 2.46. The van der Waals surface area contributed by atoms with E-state index in [0.717, 1.165) is 29.1 Å². The third kappa shape index (κ3) is 2.91. The molecule has 0 bridgehead atoms. The fraction of sp³-hybridized carbons (Fsp3) is 0.400. The molecular weight excluding hydrogens is 330 g/mol. The van der Waals surface area contributed by atoms with Gasteiger partial charge in [0.15, 0.2) is 5.17 Å². The van der Waals surface area contributed by atoms with Crippen LogP contribution in [0, 0.1) is 5.92 Å². The topological polar surface area (TPSA) is 60.5 Å². The average molecular weight is 353 g/mol. The number of pyridine rings is 1. The first-order valence-corrected chi connectivity index (χ1v) is 9.69. The number of thioether (sulfide) groups is 1. The van der Waals surface area contributed by atoms with Gasteiger partial charge in [-0.2, -0.15) is 0 Å². The fourth-order valence-corrected chi connectivity index (χ4v) is 5.14. The van der Waals surface area contributed by atoms with Crippen LogP contribution in [0.2, 0.25) is 0 Å². The Balaban J connectivity index is 1.85. The number of nitrogens with zero attached hydrogens (tertiary/aromatic N) is 2. The zero-order chi connectivity index (χ0) is 17.4. The van der Waals surface area contributed by atoms with Crippen LogP contribution in [-0.2, 0) is 12.0 Å². The number of hydrogen-bond donors (Lipinski definition) is 1. The van der Waals surface area contributed by atoms with Crippen LogP contribution in [0.1, 0.15) is 30.9 Å². The fourth-order valence-electron chi connectivity index (χ4n) is 4.02. The number of aryl methyl sites for hydroxylation is 1. The molecule has 1 aromatic carbocycles. The zero-order valence-corrected chi connectivity index (χ0v) is 15.5. The summed E-state index contributed by atoms with van der Waals surface area (Å²) in [6, 6.07) is 8.76. The summed E-state index contributed by atoms with van der Waals surface area (Å²) in [6.45, 7) is 2.25. The quantitative estimate of drug-likeness (QED) is 0.887. The van der Waals surface area contributed by atoms with Crippen molar-refractivity contribution >= 4 is 16.9 Å². The number of aliphatic imine (C=N–C) groups is 1. The Morgan fingerprint density at radius 1 is 1.24 bits per heavy atom. The molecule has 4 rings (SSSR count). The molecule has 1 aliphatic carbocycles. The van der Waals surface area contributed by atoms with E-state index in [0.29, 0.717) is 11.1 Å². The molecule has 0 unspecified atom stereocenters. The largest absolute Gasteiger partial charge is 0.495 e. The maximum Gasteiger partial charge on any atom is 0.154 e. The summed E-state index contributed by atoms with van der Waals surface area (Å²) < 4.78 is 5.33. The number of benzene rings is 1. The first kappa shape index (κ1) is 16.5. The van der Waals surface area contributed by atoms with Gasteiger partial charge in [0.05, 0.1) is 18.8 Å². The van der Waals surface area contributed by atoms with Crippen molar-refractivity contribution in [3.63, 3.8) is 0 Å². The van der Waals surface area contributed by atoms with Crippen LogP contribution in [0.25, 0.3) is 11.1 Å². The highest BCUT2D eigenvalue weighted by atomic mass is 32.2. The van der Waals surface area contributed by atoms with Crippen LogP contribution < -0.4 is 10.5 Å². The van der Waals surface area contributed by atoms with Crippen molar-refractivity contribution in [3.8, 4) is 16.9 Å². The smallest absolute Gasteiger partial charge is 0.154 e. The number of fused-ring (bicyclic) bond motifs is 3. The summed E-state index contributed by atoms with van der Waals surface area (Å²) in [5.74, 6) is 2.36. The zero-order valence-electron chi connectivity index (χ0n) is 14.7. The molecule has 0 spiro atoms. The maximum absolute atomic E-state index is 6.11. The van der Waals surface area contributed by atoms with E-state index in [1.54, 1.807) is 25.1 Å². The molecular formula is C20H23N3OS. The Morgan fingerprint density at radius 2 is 2.12 bits per heavy atom. The van der Waals surface area contributed by atoms with Gasteiger partial charge in [-0.25, -0.2) is 0 Å². The molecule has 2 aliphatic rings. The van der Waals surface area contributed by atoms with E-state index in [4.69, 9.17) is 15.5 Å². The number of nitrogens with two attached hydrogens (primary N) is 1. The molecule has 0 saturated carbocycles. The first-order chi connectivity index (χ1) is 12.1. The van der Waals surface area contributed by atoms with E-state index >= 15 is 0 Å². The Hall–Kier alpha value is -2.01. The molecule has 2 aromatic rings. The van der Waals surface area contributed by atoms with Crippen molar-refractivity contribution in [3.05, 3.63) is 47.8 Å². The molecule has 2 N–H and O–H groups in total. The summed E-state index contributed by atoms with van der Waals surface area (Å²) in [7, 11) is 1.67. The molecule has 2 heterocycles. The second-order valence-electron chi connectivity index (χ2n) is 6.98. The van der Waals surface area contributed by atoms with Crippen LogP contribution in [0.5, 0.6) is 5.75 Å². The number of aromatic nitrogens is 1. The Labute approximate surface area is 152 Å². The number of amidine groups is 1. The summed E-state index contributed by atoms with van der Waals surface area (Å²) in [5, 5.41) is 0.708. The number of ether oxygens (including phenoxy) is 1. The molecule has 5 heteroatoms. The standard InChI is InChI=1S/C20H23N3OS/c1-20-16(12-25-19(21)23-20)5-3-4-13-6-7-14(9-18(13)20)15-8-17(24-2)11-22-10-15/h6-11,16H,3-5,12H2,1-2H3,(H2,21,23)/t16-,20+/m1/s1. The molecule has 0 fully saturated rings. The van der Waals surface area contributed by atoms with Crippen molar-refractivity contribution in [2.75, 3.05) is 12.9 Å². The average Bonchev–Trinajstić information content (AvgIpc) is 2.77. The highest BCUT2D eigenvalue weighted by Gasteiger charge is 2.41. The van der Waals surface area contributed by atoms with Gasteiger partial charge < -0.3 is 10.5 Å². The minimum atomic E-state index is -0.233. The van der Waals surface area contributed by atoms with E-state index in [1.165, 1.54) is 24.0 Å². The lowest BCUT2D eigenvalue weighted by Gasteiger charge is -2.37. The summed E-state index contributed by atoms with van der Waals surface area (Å²) in [5.41, 5.74) is 10.8. The molecule has 25 heavy (non-hydrogen) atoms. The van der Waals surface area contributed by atoms with Gasteiger partial charge >= 0.3 is 0 Å². The second kappa shape index (κ2) is 6.37. The Morgan fingerprint density at radius 3 is 2.96 bits per heavy atom. The summed E-state index contributed by atoms with van der Waals surface area (Å²) in [4.78, 5) is 9.22. The molecule has 1 aromatic heterocycles. The number of hydrogen-bond acceptors (Lipinski definition) is 5. The third-order valence-electron chi connectivity index (χ3n) is 5.51. The SMILES string of the molecule is COc1cncc(-c2ccc3c(c2)[C@@]2(C)N=C(N)SC[C@H]2CCC3)c1. The third-order valence-corrected chi connectivity index (χ3v) is 6.46. The van der Waals surface area contributed by atoms with E-state index in [1.807, 2.05) is 12.3 Å². The maximum atomic E-state index is 6.11. The molecule has 0 amide bonds. The van der Waals surface area contributed by atoms with E-state index in [-0.39, 0.29) is 5.54 Å². The van der Waals surface area contributed by atoms with Gasteiger partial charge in [0.25, 0.3) is 0 Å². The lowest BCUT2D eigenvalue weighted by Crippen LogP contribution is -2.37. The predicted octanol–water partition coefficient (Wildman–Crippen LogP) is 3.99. The number of methoxy groups -OCH3 is 1. The molecule has 0 saturated heterocycles. The minimum Gasteiger partial charge on any atom is -0.495 e. The molecule has 0 radical (unpaired) electrons. The number of rotatable bonds is 2. The first-order valence-electron chi connectivity index (χ1n) is 8.71. The van der Waals surface area contributed by atoms with Crippen LogP contribution in [0.4, 0.5) is 0 Å². The van der Waals surface area contributed by atoms with E-state index < -0.39 is 0 Å². The van der Waals surface area contributed by atoms with Crippen LogP contribution in [0.15, 0.2) is 41.7 Å². The van der Waals surface area contributed by atoms with E-state index in [2.05, 4.69) is 30.1 Å². The molecule has 1 aliphatic heterocycles. The van der Waals surface area contributed by atoms with Crippen molar-refractivity contribution in [2.24, 2.45) is 16.6 Å². The van der Waals surface area contributed by atoms with Crippen molar-refractivity contribution in [2.45, 2.75) is 31.7 Å². The van der Waals surface area contributed by atoms with Crippen molar-refractivity contribution in [1.82, 2.24) is 4.98 Å². The van der Waals surface area contributed by atoms with Gasteiger partial charge in [0, 0.05) is 17.5 Å². The predicted molar refractivity (Wildman–Crippen MR) is 104 cm³/mol. The van der Waals surface area contributed by atoms with Gasteiger partial charge in [0.2, 0.25) is 0 Å². The van der Waals surface area contributed by atoms with Crippen LogP contribution in [-0.4, -0.2) is 23.0 Å².